The summed E-state index contributed by atoms with van der Waals surface area (Å²) in [5.74, 6) is 0.176. The van der Waals surface area contributed by atoms with Gasteiger partial charge < -0.3 is 19.9 Å². The number of benzene rings is 1. The van der Waals surface area contributed by atoms with Crippen molar-refractivity contribution in [3.8, 4) is 0 Å². The third-order valence-electron chi connectivity index (χ3n) is 4.70. The summed E-state index contributed by atoms with van der Waals surface area (Å²) in [6.45, 7) is 6.43. The van der Waals surface area contributed by atoms with E-state index >= 15 is 0 Å². The molecule has 3 rings (SSSR count). The van der Waals surface area contributed by atoms with E-state index in [4.69, 9.17) is 16.3 Å². The van der Waals surface area contributed by atoms with Crippen molar-refractivity contribution in [1.29, 1.82) is 0 Å². The molecule has 0 unspecified atom stereocenters. The Kier molecular flexibility index (Phi) is 5.41. The van der Waals surface area contributed by atoms with E-state index in [1.807, 2.05) is 23.1 Å². The molecule has 6 heteroatoms. The van der Waals surface area contributed by atoms with Crippen LogP contribution in [0.5, 0.6) is 0 Å². The van der Waals surface area contributed by atoms with Gasteiger partial charge in [0.15, 0.2) is 0 Å². The topological polar surface area (TPSA) is 44.8 Å². The molecular weight excluding hydrogens is 314 g/mol. The molecule has 1 amide bonds. The van der Waals surface area contributed by atoms with Gasteiger partial charge in [-0.3, -0.25) is 4.79 Å². The standard InChI is InChI=1S/C17H24ClN3O2/c1-13-16(5-10-23-13)19-12-17(22)21-8-6-20(7-9-21)15-4-2-3-14(18)11-15/h2-4,11,13,16,19H,5-10,12H2,1H3/t13-,16+/m0/s1. The number of anilines is 1. The van der Waals surface area contributed by atoms with Crippen LogP contribution in [0.2, 0.25) is 5.02 Å². The van der Waals surface area contributed by atoms with E-state index < -0.39 is 0 Å². The number of rotatable bonds is 4. The van der Waals surface area contributed by atoms with E-state index in [-0.39, 0.29) is 12.0 Å². The lowest BCUT2D eigenvalue weighted by Gasteiger charge is -2.36. The summed E-state index contributed by atoms with van der Waals surface area (Å²) in [5, 5.41) is 4.08. The fourth-order valence-corrected chi connectivity index (χ4v) is 3.40. The van der Waals surface area contributed by atoms with Crippen LogP contribution in [0.15, 0.2) is 24.3 Å². The summed E-state index contributed by atoms with van der Waals surface area (Å²) in [7, 11) is 0. The van der Waals surface area contributed by atoms with Gasteiger partial charge in [0.2, 0.25) is 5.91 Å². The first-order valence-electron chi connectivity index (χ1n) is 8.27. The highest BCUT2D eigenvalue weighted by Crippen LogP contribution is 2.20. The van der Waals surface area contributed by atoms with Crippen LogP contribution in [0.1, 0.15) is 13.3 Å². The maximum atomic E-state index is 12.3. The predicted molar refractivity (Wildman–Crippen MR) is 92.1 cm³/mol. The molecule has 0 aromatic heterocycles. The van der Waals surface area contributed by atoms with E-state index in [2.05, 4.69) is 23.2 Å². The summed E-state index contributed by atoms with van der Waals surface area (Å²) < 4.78 is 5.51. The normalized spacial score (nSPS) is 25.0. The molecule has 126 valence electrons. The van der Waals surface area contributed by atoms with Crippen LogP contribution in [0, 0.1) is 0 Å². The van der Waals surface area contributed by atoms with Crippen molar-refractivity contribution >= 4 is 23.2 Å². The number of piperazine rings is 1. The highest BCUT2D eigenvalue weighted by molar-refractivity contribution is 6.30. The first kappa shape index (κ1) is 16.6. The maximum absolute atomic E-state index is 12.3. The molecule has 0 radical (unpaired) electrons. The SMILES string of the molecule is C[C@@H]1OCC[C@H]1NCC(=O)N1CCN(c2cccc(Cl)c2)CC1. The van der Waals surface area contributed by atoms with Crippen molar-refractivity contribution < 1.29 is 9.53 Å². The molecule has 2 aliphatic rings. The Labute approximate surface area is 142 Å². The van der Waals surface area contributed by atoms with Gasteiger partial charge in [-0.25, -0.2) is 0 Å². The van der Waals surface area contributed by atoms with E-state index in [9.17, 15) is 4.79 Å². The first-order chi connectivity index (χ1) is 11.1. The van der Waals surface area contributed by atoms with Gasteiger partial charge in [-0.1, -0.05) is 17.7 Å². The molecular formula is C17H24ClN3O2. The molecule has 2 atom stereocenters. The molecule has 2 aliphatic heterocycles. The zero-order valence-corrected chi connectivity index (χ0v) is 14.3. The summed E-state index contributed by atoms with van der Waals surface area (Å²) in [6, 6.07) is 8.18. The van der Waals surface area contributed by atoms with Crippen LogP contribution in [-0.2, 0) is 9.53 Å². The third kappa shape index (κ3) is 4.16. The Morgan fingerprint density at radius 1 is 1.35 bits per heavy atom. The Bertz CT molecular complexity index is 546. The number of carbonyl (C=O) groups is 1. The molecule has 0 bridgehead atoms. The summed E-state index contributed by atoms with van der Waals surface area (Å²) >= 11 is 6.05. The summed E-state index contributed by atoms with van der Waals surface area (Å²) in [4.78, 5) is 16.6. The lowest BCUT2D eigenvalue weighted by Crippen LogP contribution is -2.52. The second kappa shape index (κ2) is 7.51. The zero-order valence-electron chi connectivity index (χ0n) is 13.5. The highest BCUT2D eigenvalue weighted by atomic mass is 35.5. The molecule has 0 aliphatic carbocycles. The number of amides is 1. The third-order valence-corrected chi connectivity index (χ3v) is 4.93. The lowest BCUT2D eigenvalue weighted by atomic mass is 10.1. The number of carbonyl (C=O) groups excluding carboxylic acids is 1. The number of halogens is 1. The Hall–Kier alpha value is -1.30. The number of nitrogens with zero attached hydrogens (tertiary/aromatic N) is 2. The van der Waals surface area contributed by atoms with E-state index in [0.29, 0.717) is 12.6 Å². The van der Waals surface area contributed by atoms with Crippen LogP contribution in [0.3, 0.4) is 0 Å². The van der Waals surface area contributed by atoms with Gasteiger partial charge in [0, 0.05) is 49.5 Å². The zero-order chi connectivity index (χ0) is 16.2. The molecule has 1 aromatic rings. The highest BCUT2D eigenvalue weighted by Gasteiger charge is 2.26. The molecule has 5 nitrogen and oxygen atoms in total. The molecule has 1 N–H and O–H groups in total. The van der Waals surface area contributed by atoms with Crippen LogP contribution in [-0.4, -0.2) is 62.3 Å². The monoisotopic (exact) mass is 337 g/mol. The first-order valence-corrected chi connectivity index (χ1v) is 8.64. The molecule has 1 aromatic carbocycles. The fraction of sp³-hybridized carbons (Fsp3) is 0.588. The maximum Gasteiger partial charge on any atom is 0.236 e. The molecule has 2 fully saturated rings. The van der Waals surface area contributed by atoms with Gasteiger partial charge in [0.25, 0.3) is 0 Å². The number of nitrogens with one attached hydrogen (secondary N) is 1. The van der Waals surface area contributed by atoms with Crippen molar-refractivity contribution in [2.24, 2.45) is 0 Å². The van der Waals surface area contributed by atoms with Crippen LogP contribution in [0.4, 0.5) is 5.69 Å². The molecule has 23 heavy (non-hydrogen) atoms. The van der Waals surface area contributed by atoms with Gasteiger partial charge in [0.1, 0.15) is 0 Å². The minimum atomic E-state index is 0.176. The van der Waals surface area contributed by atoms with Gasteiger partial charge in [-0.2, -0.15) is 0 Å². The average molecular weight is 338 g/mol. The molecule has 0 spiro atoms. The van der Waals surface area contributed by atoms with Crippen molar-refractivity contribution in [2.75, 3.05) is 44.2 Å². The van der Waals surface area contributed by atoms with E-state index in [1.54, 1.807) is 0 Å². The van der Waals surface area contributed by atoms with Crippen molar-refractivity contribution in [2.45, 2.75) is 25.5 Å². The number of hydrogen-bond acceptors (Lipinski definition) is 4. The summed E-state index contributed by atoms with van der Waals surface area (Å²) in [6.07, 6.45) is 1.18. The van der Waals surface area contributed by atoms with Crippen molar-refractivity contribution in [3.05, 3.63) is 29.3 Å². The van der Waals surface area contributed by atoms with Gasteiger partial charge >= 0.3 is 0 Å². The predicted octanol–water partition coefficient (Wildman–Crippen LogP) is 1.76. The van der Waals surface area contributed by atoms with Crippen LogP contribution < -0.4 is 10.2 Å². The number of ether oxygens (including phenoxy) is 1. The van der Waals surface area contributed by atoms with Gasteiger partial charge in [-0.05, 0) is 31.5 Å². The number of hydrogen-bond donors (Lipinski definition) is 1. The quantitative estimate of drug-likeness (QED) is 0.909. The van der Waals surface area contributed by atoms with Crippen LogP contribution >= 0.6 is 11.6 Å². The van der Waals surface area contributed by atoms with E-state index in [0.717, 1.165) is 49.9 Å². The fourth-order valence-electron chi connectivity index (χ4n) is 3.22. The van der Waals surface area contributed by atoms with Crippen LogP contribution in [0.25, 0.3) is 0 Å². The average Bonchev–Trinajstić information content (AvgIpc) is 2.98. The van der Waals surface area contributed by atoms with Gasteiger partial charge in [0.05, 0.1) is 12.6 Å². The Balaban J connectivity index is 1.45. The smallest absolute Gasteiger partial charge is 0.236 e. The minimum absolute atomic E-state index is 0.176. The molecule has 2 saturated heterocycles. The minimum Gasteiger partial charge on any atom is -0.377 e. The van der Waals surface area contributed by atoms with Crippen molar-refractivity contribution in [3.63, 3.8) is 0 Å². The van der Waals surface area contributed by atoms with Crippen molar-refractivity contribution in [1.82, 2.24) is 10.2 Å². The second-order valence-corrected chi connectivity index (χ2v) is 6.64. The second-order valence-electron chi connectivity index (χ2n) is 6.20. The summed E-state index contributed by atoms with van der Waals surface area (Å²) in [5.41, 5.74) is 1.12. The van der Waals surface area contributed by atoms with Gasteiger partial charge in [-0.15, -0.1) is 0 Å². The van der Waals surface area contributed by atoms with E-state index in [1.165, 1.54) is 0 Å². The Morgan fingerprint density at radius 2 is 2.13 bits per heavy atom. The Morgan fingerprint density at radius 3 is 2.78 bits per heavy atom. The molecule has 2 heterocycles. The lowest BCUT2D eigenvalue weighted by molar-refractivity contribution is -0.130. The molecule has 0 saturated carbocycles. The largest absolute Gasteiger partial charge is 0.377 e.